The van der Waals surface area contributed by atoms with Gasteiger partial charge in [0.2, 0.25) is 0 Å². The van der Waals surface area contributed by atoms with Crippen LogP contribution in [0.1, 0.15) is 18.9 Å². The first-order valence-electron chi connectivity index (χ1n) is 5.97. The Morgan fingerprint density at radius 2 is 2.11 bits per heavy atom. The van der Waals surface area contributed by atoms with E-state index in [4.69, 9.17) is 9.15 Å². The summed E-state index contributed by atoms with van der Waals surface area (Å²) in [7, 11) is 0. The SMILES string of the molecule is CC1(CO)CCc2c(ccc3ccc(=O)oc23)O1. The largest absolute Gasteiger partial charge is 0.485 e. The average Bonchev–Trinajstić information content (AvgIpc) is 2.38. The molecule has 0 radical (unpaired) electrons. The molecule has 1 aromatic heterocycles. The highest BCUT2D eigenvalue weighted by Gasteiger charge is 2.32. The van der Waals surface area contributed by atoms with Gasteiger partial charge in [-0.05, 0) is 38.0 Å². The Hall–Kier alpha value is -1.81. The van der Waals surface area contributed by atoms with Gasteiger partial charge < -0.3 is 14.3 Å². The lowest BCUT2D eigenvalue weighted by molar-refractivity contribution is 0.00824. The molecule has 1 aliphatic heterocycles. The van der Waals surface area contributed by atoms with Gasteiger partial charge >= 0.3 is 5.63 Å². The summed E-state index contributed by atoms with van der Waals surface area (Å²) in [6.07, 6.45) is 1.44. The first-order valence-corrected chi connectivity index (χ1v) is 5.97. The van der Waals surface area contributed by atoms with E-state index in [1.807, 2.05) is 19.1 Å². The molecule has 94 valence electrons. The van der Waals surface area contributed by atoms with Crippen molar-refractivity contribution in [3.05, 3.63) is 40.2 Å². The maximum atomic E-state index is 11.3. The summed E-state index contributed by atoms with van der Waals surface area (Å²) >= 11 is 0. The van der Waals surface area contributed by atoms with Gasteiger partial charge in [0.1, 0.15) is 16.9 Å². The van der Waals surface area contributed by atoms with Gasteiger partial charge in [0.15, 0.2) is 0 Å². The summed E-state index contributed by atoms with van der Waals surface area (Å²) < 4.78 is 11.1. The van der Waals surface area contributed by atoms with Crippen LogP contribution in [0.15, 0.2) is 33.5 Å². The molecule has 1 aromatic carbocycles. The molecule has 0 amide bonds. The smallest absolute Gasteiger partial charge is 0.336 e. The van der Waals surface area contributed by atoms with Crippen LogP contribution in [0.2, 0.25) is 0 Å². The van der Waals surface area contributed by atoms with Crippen LogP contribution in [0.25, 0.3) is 11.0 Å². The second kappa shape index (κ2) is 3.85. The molecular weight excluding hydrogens is 232 g/mol. The van der Waals surface area contributed by atoms with Crippen LogP contribution < -0.4 is 10.4 Å². The van der Waals surface area contributed by atoms with Gasteiger partial charge in [0, 0.05) is 17.0 Å². The molecule has 0 aliphatic carbocycles. The zero-order valence-electron chi connectivity index (χ0n) is 10.1. The van der Waals surface area contributed by atoms with Crippen LogP contribution in [0, 0.1) is 0 Å². The third-order valence-electron chi connectivity index (χ3n) is 3.44. The Morgan fingerprint density at radius 3 is 2.89 bits per heavy atom. The van der Waals surface area contributed by atoms with Gasteiger partial charge in [0.25, 0.3) is 0 Å². The van der Waals surface area contributed by atoms with Crippen molar-refractivity contribution in [2.24, 2.45) is 0 Å². The molecule has 3 rings (SSSR count). The van der Waals surface area contributed by atoms with Gasteiger partial charge in [-0.1, -0.05) is 0 Å². The van der Waals surface area contributed by atoms with E-state index in [1.54, 1.807) is 6.07 Å². The molecule has 0 saturated carbocycles. The Labute approximate surface area is 104 Å². The van der Waals surface area contributed by atoms with E-state index in [1.165, 1.54) is 6.07 Å². The first kappa shape index (κ1) is 11.3. The van der Waals surface area contributed by atoms with E-state index in [9.17, 15) is 9.90 Å². The van der Waals surface area contributed by atoms with Gasteiger partial charge in [-0.25, -0.2) is 4.79 Å². The predicted octanol–water partition coefficient (Wildman–Crippen LogP) is 1.87. The highest BCUT2D eigenvalue weighted by Crippen LogP contribution is 2.36. The van der Waals surface area contributed by atoms with E-state index >= 15 is 0 Å². The predicted molar refractivity (Wildman–Crippen MR) is 66.9 cm³/mol. The number of benzene rings is 1. The maximum Gasteiger partial charge on any atom is 0.336 e. The van der Waals surface area contributed by atoms with Crippen molar-refractivity contribution >= 4 is 11.0 Å². The third-order valence-corrected chi connectivity index (χ3v) is 3.44. The number of ether oxygens (including phenoxy) is 1. The molecule has 0 saturated heterocycles. The van der Waals surface area contributed by atoms with E-state index in [0.29, 0.717) is 17.8 Å². The lowest BCUT2D eigenvalue weighted by Crippen LogP contribution is -2.39. The number of aliphatic hydroxyl groups excluding tert-OH is 1. The van der Waals surface area contributed by atoms with Crippen molar-refractivity contribution in [2.75, 3.05) is 6.61 Å². The normalized spacial score (nSPS) is 22.6. The number of rotatable bonds is 1. The number of fused-ring (bicyclic) bond motifs is 3. The Morgan fingerprint density at radius 1 is 1.33 bits per heavy atom. The van der Waals surface area contributed by atoms with Gasteiger partial charge in [0.05, 0.1) is 6.61 Å². The van der Waals surface area contributed by atoms with Crippen LogP contribution in [-0.4, -0.2) is 17.3 Å². The standard InChI is InChI=1S/C14H14O4/c1-14(8-15)7-6-10-11(18-14)4-2-9-3-5-12(16)17-13(9)10/h2-5,15H,6-8H2,1H3. The molecule has 1 N–H and O–H groups in total. The van der Waals surface area contributed by atoms with E-state index in [2.05, 4.69) is 0 Å². The highest BCUT2D eigenvalue weighted by molar-refractivity contribution is 5.82. The molecule has 1 atom stereocenters. The lowest BCUT2D eigenvalue weighted by atomic mass is 9.92. The topological polar surface area (TPSA) is 59.7 Å². The van der Waals surface area contributed by atoms with Gasteiger partial charge in [-0.2, -0.15) is 0 Å². The third kappa shape index (κ3) is 1.69. The number of hydrogen-bond donors (Lipinski definition) is 1. The van der Waals surface area contributed by atoms with Crippen molar-refractivity contribution in [3.63, 3.8) is 0 Å². The molecule has 1 aliphatic rings. The summed E-state index contributed by atoms with van der Waals surface area (Å²) in [6.45, 7) is 1.85. The quantitative estimate of drug-likeness (QED) is 0.780. The Kier molecular flexibility index (Phi) is 2.41. The van der Waals surface area contributed by atoms with Crippen molar-refractivity contribution < 1.29 is 14.3 Å². The first-order chi connectivity index (χ1) is 8.61. The van der Waals surface area contributed by atoms with Crippen molar-refractivity contribution in [3.8, 4) is 5.75 Å². The molecule has 4 heteroatoms. The molecule has 2 heterocycles. The molecule has 18 heavy (non-hydrogen) atoms. The summed E-state index contributed by atoms with van der Waals surface area (Å²) in [4.78, 5) is 11.3. The summed E-state index contributed by atoms with van der Waals surface area (Å²) in [5.41, 5.74) is 0.609. The van der Waals surface area contributed by atoms with E-state index < -0.39 is 5.60 Å². The summed E-state index contributed by atoms with van der Waals surface area (Å²) in [5.74, 6) is 0.694. The molecule has 0 fully saturated rings. The van der Waals surface area contributed by atoms with Crippen LogP contribution in [0.3, 0.4) is 0 Å². The Balaban J connectivity index is 2.19. The van der Waals surface area contributed by atoms with E-state index in [-0.39, 0.29) is 12.2 Å². The Bertz CT molecular complexity index is 658. The van der Waals surface area contributed by atoms with Crippen molar-refractivity contribution in [2.45, 2.75) is 25.4 Å². The monoisotopic (exact) mass is 246 g/mol. The molecule has 0 bridgehead atoms. The molecular formula is C14H14O4. The zero-order chi connectivity index (χ0) is 12.8. The minimum absolute atomic E-state index is 0.0246. The van der Waals surface area contributed by atoms with Crippen LogP contribution in [0.4, 0.5) is 0 Å². The van der Waals surface area contributed by atoms with Crippen molar-refractivity contribution in [1.29, 1.82) is 0 Å². The lowest BCUT2D eigenvalue weighted by Gasteiger charge is -2.34. The second-order valence-electron chi connectivity index (χ2n) is 4.93. The second-order valence-corrected chi connectivity index (χ2v) is 4.93. The number of aryl methyl sites for hydroxylation is 1. The van der Waals surface area contributed by atoms with E-state index in [0.717, 1.165) is 17.4 Å². The average molecular weight is 246 g/mol. The van der Waals surface area contributed by atoms with Crippen LogP contribution in [-0.2, 0) is 6.42 Å². The highest BCUT2D eigenvalue weighted by atomic mass is 16.5. The minimum atomic E-state index is -0.546. The number of hydrogen-bond acceptors (Lipinski definition) is 4. The molecule has 0 spiro atoms. The van der Waals surface area contributed by atoms with Crippen LogP contribution in [0.5, 0.6) is 5.75 Å². The van der Waals surface area contributed by atoms with Gasteiger partial charge in [-0.3, -0.25) is 0 Å². The fourth-order valence-corrected chi connectivity index (χ4v) is 2.32. The maximum absolute atomic E-state index is 11.3. The fourth-order valence-electron chi connectivity index (χ4n) is 2.32. The molecule has 1 unspecified atom stereocenters. The van der Waals surface area contributed by atoms with Gasteiger partial charge in [-0.15, -0.1) is 0 Å². The summed E-state index contributed by atoms with van der Waals surface area (Å²) in [5, 5.41) is 10.2. The zero-order valence-corrected chi connectivity index (χ0v) is 10.1. The van der Waals surface area contributed by atoms with Crippen LogP contribution >= 0.6 is 0 Å². The molecule has 4 nitrogen and oxygen atoms in total. The summed E-state index contributed by atoms with van der Waals surface area (Å²) in [6, 6.07) is 6.89. The molecule has 2 aromatic rings. The minimum Gasteiger partial charge on any atom is -0.485 e. The fraction of sp³-hybridized carbons (Fsp3) is 0.357. The number of aliphatic hydroxyl groups is 1. The van der Waals surface area contributed by atoms with Crippen molar-refractivity contribution in [1.82, 2.24) is 0 Å².